The molecular weight excluding hydrogens is 296 g/mol. The largest absolute Gasteiger partial charge is 0.363 e. The number of sulfonamides is 1. The van der Waals surface area contributed by atoms with Crippen LogP contribution in [0.3, 0.4) is 0 Å². The van der Waals surface area contributed by atoms with E-state index in [4.69, 9.17) is 5.73 Å². The Morgan fingerprint density at radius 2 is 2.19 bits per heavy atom. The fourth-order valence-electron chi connectivity index (χ4n) is 2.44. The fraction of sp³-hybridized carbons (Fsp3) is 0.583. The lowest BCUT2D eigenvalue weighted by molar-refractivity contribution is -0.389. The summed E-state index contributed by atoms with van der Waals surface area (Å²) in [5.41, 5.74) is 5.64. The molecule has 0 aromatic carbocycles. The van der Waals surface area contributed by atoms with Crippen molar-refractivity contribution in [1.82, 2.24) is 9.29 Å². The van der Waals surface area contributed by atoms with E-state index in [1.54, 1.807) is 0 Å². The molecule has 8 nitrogen and oxygen atoms in total. The number of piperidine rings is 1. The zero-order valence-corrected chi connectivity index (χ0v) is 12.5. The van der Waals surface area contributed by atoms with Crippen molar-refractivity contribution in [3.63, 3.8) is 0 Å². The molecule has 116 valence electrons. The van der Waals surface area contributed by atoms with Gasteiger partial charge in [-0.05, 0) is 48.2 Å². The molecule has 2 rings (SSSR count). The van der Waals surface area contributed by atoms with Crippen molar-refractivity contribution < 1.29 is 13.3 Å². The molecule has 0 spiro atoms. The molecule has 1 saturated heterocycles. The molecule has 1 fully saturated rings. The highest BCUT2D eigenvalue weighted by molar-refractivity contribution is 7.89. The van der Waals surface area contributed by atoms with Gasteiger partial charge in [0.1, 0.15) is 4.90 Å². The Bertz CT molecular complexity index is 617. The van der Waals surface area contributed by atoms with Gasteiger partial charge in [-0.2, -0.15) is 4.31 Å². The zero-order valence-electron chi connectivity index (χ0n) is 11.7. The average Bonchev–Trinajstić information content (AvgIpc) is 2.47. The molecule has 2 unspecified atom stereocenters. The van der Waals surface area contributed by atoms with Crippen LogP contribution >= 0.6 is 0 Å². The minimum Gasteiger partial charge on any atom is -0.358 e. The van der Waals surface area contributed by atoms with Crippen LogP contribution in [0.15, 0.2) is 23.2 Å². The molecule has 2 atom stereocenters. The van der Waals surface area contributed by atoms with Gasteiger partial charge in [0.05, 0.1) is 0 Å². The Labute approximate surface area is 123 Å². The van der Waals surface area contributed by atoms with Crippen molar-refractivity contribution in [3.8, 4) is 0 Å². The first-order valence-electron chi connectivity index (χ1n) is 6.68. The molecule has 1 aliphatic rings. The van der Waals surface area contributed by atoms with Crippen LogP contribution in [0.5, 0.6) is 0 Å². The van der Waals surface area contributed by atoms with Crippen molar-refractivity contribution in [1.29, 1.82) is 0 Å². The molecule has 0 saturated carbocycles. The van der Waals surface area contributed by atoms with Crippen molar-refractivity contribution in [2.75, 3.05) is 13.1 Å². The Morgan fingerprint density at radius 3 is 2.71 bits per heavy atom. The van der Waals surface area contributed by atoms with Gasteiger partial charge in [0.2, 0.25) is 10.0 Å². The summed E-state index contributed by atoms with van der Waals surface area (Å²) < 4.78 is 26.6. The number of hydrogen-bond donors (Lipinski definition) is 1. The van der Waals surface area contributed by atoms with Gasteiger partial charge in [0.15, 0.2) is 6.20 Å². The maximum Gasteiger partial charge on any atom is 0.363 e. The summed E-state index contributed by atoms with van der Waals surface area (Å²) in [4.78, 5) is 13.4. The Hall–Kier alpha value is -1.58. The van der Waals surface area contributed by atoms with Crippen LogP contribution in [0, 0.1) is 16.0 Å². The van der Waals surface area contributed by atoms with Crippen LogP contribution in [0.25, 0.3) is 0 Å². The number of rotatable bonds is 4. The monoisotopic (exact) mass is 314 g/mol. The first-order chi connectivity index (χ1) is 9.86. The molecule has 21 heavy (non-hydrogen) atoms. The van der Waals surface area contributed by atoms with E-state index in [0.29, 0.717) is 13.1 Å². The fourth-order valence-corrected chi connectivity index (χ4v) is 4.13. The number of aromatic nitrogens is 1. The van der Waals surface area contributed by atoms with Crippen molar-refractivity contribution in [2.24, 2.45) is 11.7 Å². The van der Waals surface area contributed by atoms with Crippen molar-refractivity contribution in [3.05, 3.63) is 28.4 Å². The first kappa shape index (κ1) is 15.8. The topological polar surface area (TPSA) is 119 Å². The van der Waals surface area contributed by atoms with Gasteiger partial charge in [0.25, 0.3) is 0 Å². The second-order valence-corrected chi connectivity index (χ2v) is 7.10. The van der Waals surface area contributed by atoms with Crippen LogP contribution in [-0.4, -0.2) is 41.8 Å². The van der Waals surface area contributed by atoms with Gasteiger partial charge in [-0.15, -0.1) is 0 Å². The first-order valence-corrected chi connectivity index (χ1v) is 8.12. The molecule has 1 aliphatic heterocycles. The van der Waals surface area contributed by atoms with Gasteiger partial charge in [-0.3, -0.25) is 0 Å². The van der Waals surface area contributed by atoms with Crippen LogP contribution in [0.4, 0.5) is 5.82 Å². The summed E-state index contributed by atoms with van der Waals surface area (Å²) in [6.45, 7) is 2.66. The Morgan fingerprint density at radius 1 is 1.48 bits per heavy atom. The number of nitrogens with two attached hydrogens (primary N) is 1. The predicted octanol–water partition coefficient (Wildman–Crippen LogP) is 0.738. The van der Waals surface area contributed by atoms with E-state index in [2.05, 4.69) is 4.98 Å². The molecule has 0 aliphatic carbocycles. The van der Waals surface area contributed by atoms with Gasteiger partial charge in [-0.1, -0.05) is 0 Å². The molecule has 9 heteroatoms. The smallest absolute Gasteiger partial charge is 0.358 e. The summed E-state index contributed by atoms with van der Waals surface area (Å²) >= 11 is 0. The maximum atomic E-state index is 12.6. The average molecular weight is 314 g/mol. The summed E-state index contributed by atoms with van der Waals surface area (Å²) in [7, 11) is -3.70. The lowest BCUT2D eigenvalue weighted by Gasteiger charge is -2.36. The standard InChI is InChI=1S/C12H18N4O4S/c1-9-2-3-10(6-13)8-15(9)21(19,20)11-4-5-12(14-7-11)16(17)18/h4-5,7,9-10H,2-3,6,8,13H2,1H3. The molecule has 2 heterocycles. The summed E-state index contributed by atoms with van der Waals surface area (Å²) in [5, 5.41) is 10.6. The zero-order chi connectivity index (χ0) is 15.6. The summed E-state index contributed by atoms with van der Waals surface area (Å²) in [5.74, 6) is -0.234. The Kier molecular flexibility index (Phi) is 4.55. The summed E-state index contributed by atoms with van der Waals surface area (Å²) in [6.07, 6.45) is 2.69. The molecule has 0 bridgehead atoms. The highest BCUT2D eigenvalue weighted by atomic mass is 32.2. The van der Waals surface area contributed by atoms with Gasteiger partial charge in [-0.25, -0.2) is 8.42 Å². The normalized spacial score (nSPS) is 23.9. The van der Waals surface area contributed by atoms with E-state index in [-0.39, 0.29) is 22.7 Å². The molecule has 1 aromatic rings. The second kappa shape index (κ2) is 6.04. The molecule has 0 radical (unpaired) electrons. The van der Waals surface area contributed by atoms with E-state index >= 15 is 0 Å². The van der Waals surface area contributed by atoms with E-state index in [9.17, 15) is 18.5 Å². The third-order valence-corrected chi connectivity index (χ3v) is 5.73. The lowest BCUT2D eigenvalue weighted by Crippen LogP contribution is -2.47. The molecule has 0 amide bonds. The minimum atomic E-state index is -3.70. The van der Waals surface area contributed by atoms with E-state index < -0.39 is 14.9 Å². The van der Waals surface area contributed by atoms with Crippen LogP contribution in [0.2, 0.25) is 0 Å². The van der Waals surface area contributed by atoms with Crippen LogP contribution < -0.4 is 5.73 Å². The number of nitrogens with zero attached hydrogens (tertiary/aromatic N) is 3. The number of nitro groups is 1. The third kappa shape index (κ3) is 3.20. The quantitative estimate of drug-likeness (QED) is 0.646. The highest BCUT2D eigenvalue weighted by Crippen LogP contribution is 2.27. The molecular formula is C12H18N4O4S. The number of hydrogen-bond acceptors (Lipinski definition) is 6. The Balaban J connectivity index is 2.29. The van der Waals surface area contributed by atoms with E-state index in [1.807, 2.05) is 6.92 Å². The minimum absolute atomic E-state index is 0.0300. The SMILES string of the molecule is CC1CCC(CN)CN1S(=O)(=O)c1ccc([N+](=O)[O-])nc1. The van der Waals surface area contributed by atoms with Crippen LogP contribution in [-0.2, 0) is 10.0 Å². The van der Waals surface area contributed by atoms with Gasteiger partial charge >= 0.3 is 5.82 Å². The maximum absolute atomic E-state index is 12.6. The molecule has 2 N–H and O–H groups in total. The highest BCUT2D eigenvalue weighted by Gasteiger charge is 2.35. The van der Waals surface area contributed by atoms with Crippen molar-refractivity contribution >= 4 is 15.8 Å². The summed E-state index contributed by atoms with van der Waals surface area (Å²) in [6, 6.07) is 2.20. The van der Waals surface area contributed by atoms with Crippen LogP contribution in [0.1, 0.15) is 19.8 Å². The van der Waals surface area contributed by atoms with Gasteiger partial charge in [0, 0.05) is 18.7 Å². The molecule has 1 aromatic heterocycles. The predicted molar refractivity (Wildman–Crippen MR) is 76.0 cm³/mol. The van der Waals surface area contributed by atoms with E-state index in [1.165, 1.54) is 10.4 Å². The lowest BCUT2D eigenvalue weighted by atomic mass is 9.96. The van der Waals surface area contributed by atoms with Gasteiger partial charge < -0.3 is 15.8 Å². The van der Waals surface area contributed by atoms with E-state index in [0.717, 1.165) is 25.1 Å². The van der Waals surface area contributed by atoms with Crippen molar-refractivity contribution in [2.45, 2.75) is 30.7 Å². The third-order valence-electron chi connectivity index (χ3n) is 3.77. The number of pyridine rings is 1. The second-order valence-electron chi connectivity index (χ2n) is 5.21.